The molecule has 18 heavy (non-hydrogen) atoms. The fourth-order valence-electron chi connectivity index (χ4n) is 2.78. The van der Waals surface area contributed by atoms with E-state index in [-0.39, 0.29) is 0 Å². The Balaban J connectivity index is 2.45. The molecule has 2 heterocycles. The van der Waals surface area contributed by atoms with Crippen molar-refractivity contribution in [2.75, 3.05) is 0 Å². The molecule has 0 saturated carbocycles. The number of hydrogen-bond donors (Lipinski definition) is 0. The molecule has 0 N–H and O–H groups in total. The van der Waals surface area contributed by atoms with Gasteiger partial charge >= 0.3 is 0 Å². The highest BCUT2D eigenvalue weighted by Gasteiger charge is 2.13. The molecule has 0 saturated heterocycles. The molecule has 2 aromatic heterocycles. The average molecular weight is 233 g/mol. The van der Waals surface area contributed by atoms with E-state index in [0.29, 0.717) is 0 Å². The molecule has 4 rings (SSSR count). The van der Waals surface area contributed by atoms with E-state index >= 15 is 0 Å². The number of rotatable bonds is 0. The second-order valence-corrected chi connectivity index (χ2v) is 4.73. The molecular weight excluding hydrogens is 220 g/mol. The van der Waals surface area contributed by atoms with Crippen molar-refractivity contribution >= 4 is 27.2 Å². The van der Waals surface area contributed by atoms with Crippen molar-refractivity contribution in [3.8, 4) is 0 Å². The zero-order valence-corrected chi connectivity index (χ0v) is 10.2. The molecule has 0 radical (unpaired) electrons. The van der Waals surface area contributed by atoms with Crippen LogP contribution in [0.15, 0.2) is 61.1 Å². The van der Waals surface area contributed by atoms with Crippen LogP contribution in [0.2, 0.25) is 0 Å². The lowest BCUT2D eigenvalue weighted by Gasteiger charge is -2.03. The van der Waals surface area contributed by atoms with E-state index in [2.05, 4.69) is 77.1 Å². The van der Waals surface area contributed by atoms with E-state index in [4.69, 9.17) is 0 Å². The second-order valence-electron chi connectivity index (χ2n) is 4.73. The Morgan fingerprint density at radius 2 is 1.39 bits per heavy atom. The fraction of sp³-hybridized carbons (Fsp3) is 0.0625. The molecule has 86 valence electrons. The summed E-state index contributed by atoms with van der Waals surface area (Å²) in [7, 11) is 2.07. The van der Waals surface area contributed by atoms with Gasteiger partial charge in [-0.15, -0.1) is 0 Å². The topological polar surface area (TPSA) is 8.29 Å². The van der Waals surface area contributed by atoms with E-state index in [9.17, 15) is 0 Å². The zero-order valence-electron chi connectivity index (χ0n) is 10.2. The molecule has 0 fully saturated rings. The van der Waals surface area contributed by atoms with Gasteiger partial charge in [-0.3, -0.25) is 0 Å². The molecule has 0 bridgehead atoms. The highest BCUT2D eigenvalue weighted by atomic mass is 15.1. The Kier molecular flexibility index (Phi) is 1.78. The first-order valence-electron chi connectivity index (χ1n) is 6.11. The first-order chi connectivity index (χ1) is 8.84. The molecule has 2 nitrogen and oxygen atoms in total. The molecule has 0 atom stereocenters. The lowest BCUT2D eigenvalue weighted by atomic mass is 10.1. The maximum absolute atomic E-state index is 2.26. The summed E-state index contributed by atoms with van der Waals surface area (Å²) in [6.45, 7) is 0. The van der Waals surface area contributed by atoms with Crippen LogP contribution in [0.1, 0.15) is 0 Å². The van der Waals surface area contributed by atoms with Crippen molar-refractivity contribution in [1.29, 1.82) is 0 Å². The van der Waals surface area contributed by atoms with E-state index in [1.165, 1.54) is 27.2 Å². The van der Waals surface area contributed by atoms with Crippen molar-refractivity contribution in [1.82, 2.24) is 4.40 Å². The molecule has 4 aromatic rings. The van der Waals surface area contributed by atoms with Crippen LogP contribution in [0.25, 0.3) is 27.2 Å². The summed E-state index contributed by atoms with van der Waals surface area (Å²) in [6.07, 6.45) is 4.30. The Hall–Kier alpha value is -2.35. The smallest absolute Gasteiger partial charge is 0.238 e. The molecule has 2 aromatic carbocycles. The minimum Gasteiger partial charge on any atom is -0.238 e. The van der Waals surface area contributed by atoms with Crippen molar-refractivity contribution in [3.63, 3.8) is 0 Å². The van der Waals surface area contributed by atoms with E-state index in [0.717, 1.165) is 0 Å². The third-order valence-electron chi connectivity index (χ3n) is 3.54. The summed E-state index contributed by atoms with van der Waals surface area (Å²) < 4.78 is 4.37. The Morgan fingerprint density at radius 1 is 0.778 bits per heavy atom. The van der Waals surface area contributed by atoms with E-state index < -0.39 is 0 Å². The largest absolute Gasteiger partial charge is 0.249 e. The van der Waals surface area contributed by atoms with Gasteiger partial charge in [0.2, 0.25) is 6.33 Å². The van der Waals surface area contributed by atoms with E-state index in [1.54, 1.807) is 0 Å². The van der Waals surface area contributed by atoms with Gasteiger partial charge in [-0.05, 0) is 17.5 Å². The maximum Gasteiger partial charge on any atom is 0.249 e. The van der Waals surface area contributed by atoms with Gasteiger partial charge in [-0.2, -0.15) is 4.40 Å². The number of fused-ring (bicyclic) bond motifs is 6. The fourth-order valence-corrected chi connectivity index (χ4v) is 2.78. The van der Waals surface area contributed by atoms with Crippen LogP contribution >= 0.6 is 0 Å². The molecule has 0 aliphatic carbocycles. The van der Waals surface area contributed by atoms with Crippen LogP contribution in [0.3, 0.4) is 0 Å². The van der Waals surface area contributed by atoms with Crippen LogP contribution in [-0.4, -0.2) is 4.40 Å². The predicted octanol–water partition coefficient (Wildman–Crippen LogP) is 3.07. The summed E-state index contributed by atoms with van der Waals surface area (Å²) in [4.78, 5) is 0. The number of nitrogens with zero attached hydrogens (tertiary/aromatic N) is 2. The number of para-hydroxylation sites is 1. The highest BCUT2D eigenvalue weighted by Crippen LogP contribution is 2.28. The molecule has 0 spiro atoms. The first-order valence-corrected chi connectivity index (χ1v) is 6.11. The minimum absolute atomic E-state index is 1.26. The summed E-state index contributed by atoms with van der Waals surface area (Å²) in [6, 6.07) is 17.2. The number of hydrogen-bond acceptors (Lipinski definition) is 0. The first kappa shape index (κ1) is 9.66. The van der Waals surface area contributed by atoms with Gasteiger partial charge < -0.3 is 0 Å². The zero-order chi connectivity index (χ0) is 12.1. The van der Waals surface area contributed by atoms with Crippen molar-refractivity contribution < 1.29 is 4.57 Å². The predicted molar refractivity (Wildman–Crippen MR) is 73.6 cm³/mol. The molecule has 0 amide bonds. The lowest BCUT2D eigenvalue weighted by molar-refractivity contribution is -0.669. The third-order valence-corrected chi connectivity index (χ3v) is 3.54. The quantitative estimate of drug-likeness (QED) is 0.326. The summed E-state index contributed by atoms with van der Waals surface area (Å²) in [5, 5.41) is 3.92. The minimum atomic E-state index is 1.26. The molecular formula is C16H13N2+. The number of imidazole rings is 1. The van der Waals surface area contributed by atoms with Gasteiger partial charge in [0.05, 0.1) is 7.05 Å². The molecule has 0 unspecified atom stereocenters. The van der Waals surface area contributed by atoms with Crippen molar-refractivity contribution in [3.05, 3.63) is 61.1 Å². The SMILES string of the molecule is C[n+]1cc2c3ccccc3c3ccccc3n2c1. The summed E-state index contributed by atoms with van der Waals surface area (Å²) in [5.41, 5.74) is 2.51. The standard InChI is InChI=1S/C16H13N2/c1-17-10-16-14-8-3-2-6-12(14)13-7-4-5-9-15(13)18(16)11-17/h2-11H,1H3/q+1. The molecule has 2 heteroatoms. The van der Waals surface area contributed by atoms with Gasteiger partial charge in [0.1, 0.15) is 11.7 Å². The van der Waals surface area contributed by atoms with Crippen LogP contribution < -0.4 is 4.57 Å². The monoisotopic (exact) mass is 233 g/mol. The Labute approximate surface area is 105 Å². The van der Waals surface area contributed by atoms with Gasteiger partial charge in [0.15, 0.2) is 5.52 Å². The second kappa shape index (κ2) is 3.33. The molecule has 0 aliphatic heterocycles. The van der Waals surface area contributed by atoms with Gasteiger partial charge in [-0.1, -0.05) is 36.4 Å². The van der Waals surface area contributed by atoms with Gasteiger partial charge in [0.25, 0.3) is 0 Å². The average Bonchev–Trinajstić information content (AvgIpc) is 2.81. The van der Waals surface area contributed by atoms with Crippen LogP contribution in [0, 0.1) is 0 Å². The Bertz CT molecular complexity index is 815. The highest BCUT2D eigenvalue weighted by molar-refractivity contribution is 6.12. The number of pyridine rings is 1. The maximum atomic E-state index is 2.26. The third kappa shape index (κ3) is 1.15. The number of benzene rings is 2. The number of aryl methyl sites for hydroxylation is 1. The lowest BCUT2D eigenvalue weighted by Crippen LogP contribution is -2.23. The van der Waals surface area contributed by atoms with Crippen LogP contribution in [0.4, 0.5) is 0 Å². The van der Waals surface area contributed by atoms with Gasteiger partial charge in [0, 0.05) is 10.8 Å². The van der Waals surface area contributed by atoms with Crippen LogP contribution in [0.5, 0.6) is 0 Å². The van der Waals surface area contributed by atoms with Crippen molar-refractivity contribution in [2.45, 2.75) is 0 Å². The molecule has 0 aliphatic rings. The number of aromatic nitrogens is 2. The van der Waals surface area contributed by atoms with Crippen molar-refractivity contribution in [2.24, 2.45) is 7.05 Å². The Morgan fingerprint density at radius 3 is 2.17 bits per heavy atom. The van der Waals surface area contributed by atoms with Crippen LogP contribution in [-0.2, 0) is 7.05 Å². The summed E-state index contributed by atoms with van der Waals surface area (Å²) >= 11 is 0. The van der Waals surface area contributed by atoms with E-state index in [1.807, 2.05) is 0 Å². The normalized spacial score (nSPS) is 11.6. The van der Waals surface area contributed by atoms with Gasteiger partial charge in [-0.25, -0.2) is 4.57 Å². The summed E-state index contributed by atoms with van der Waals surface area (Å²) in [5.74, 6) is 0.